The van der Waals surface area contributed by atoms with Crippen molar-refractivity contribution in [3.63, 3.8) is 0 Å². The second kappa shape index (κ2) is 9.15. The molecular formula is C6H10S6. The number of thioether (sulfide) groups is 4. The van der Waals surface area contributed by atoms with Crippen molar-refractivity contribution in [1.29, 1.82) is 0 Å². The van der Waals surface area contributed by atoms with Gasteiger partial charge in [0.05, 0.1) is 0 Å². The summed E-state index contributed by atoms with van der Waals surface area (Å²) in [5, 5.41) is 0. The molecule has 0 aromatic rings. The minimum Gasteiger partial charge on any atom is -0.111 e. The van der Waals surface area contributed by atoms with Crippen LogP contribution in [0.1, 0.15) is 0 Å². The molecule has 0 amide bonds. The van der Waals surface area contributed by atoms with Gasteiger partial charge in [0.1, 0.15) is 7.06 Å². The normalized spacial score (nSPS) is 9.83. The second-order valence-electron chi connectivity index (χ2n) is 1.61. The zero-order valence-corrected chi connectivity index (χ0v) is 11.8. The first-order chi connectivity index (χ1) is 5.70. The van der Waals surface area contributed by atoms with Crippen molar-refractivity contribution in [1.82, 2.24) is 0 Å². The molecule has 0 nitrogen and oxygen atoms in total. The van der Waals surface area contributed by atoms with E-state index in [2.05, 4.69) is 0 Å². The van der Waals surface area contributed by atoms with Crippen LogP contribution < -0.4 is 0 Å². The summed E-state index contributed by atoms with van der Waals surface area (Å²) < 4.78 is 2.04. The molecule has 0 heterocycles. The van der Waals surface area contributed by atoms with E-state index in [1.165, 1.54) is 0 Å². The first-order valence-corrected chi connectivity index (χ1v) is 8.36. The van der Waals surface area contributed by atoms with Gasteiger partial charge in [0.15, 0.2) is 0 Å². The molecule has 0 bridgehead atoms. The molecule has 0 atom stereocenters. The molecule has 0 saturated heterocycles. The Morgan fingerprint density at radius 3 is 1.50 bits per heavy atom. The molecule has 0 fully saturated rings. The van der Waals surface area contributed by atoms with E-state index < -0.39 is 0 Å². The van der Waals surface area contributed by atoms with Gasteiger partial charge in [-0.2, -0.15) is 0 Å². The maximum atomic E-state index is 5.04. The van der Waals surface area contributed by atoms with E-state index in [4.69, 9.17) is 24.4 Å². The zero-order valence-electron chi connectivity index (χ0n) is 6.86. The lowest BCUT2D eigenvalue weighted by molar-refractivity contribution is 1.58. The number of hydrogen-bond acceptors (Lipinski definition) is 6. The van der Waals surface area contributed by atoms with Crippen LogP contribution in [0, 0.1) is 0 Å². The van der Waals surface area contributed by atoms with E-state index >= 15 is 0 Å². The van der Waals surface area contributed by atoms with Crippen LogP contribution in [-0.4, -0.2) is 31.1 Å². The van der Waals surface area contributed by atoms with Gasteiger partial charge < -0.3 is 0 Å². The predicted octanol–water partition coefficient (Wildman–Crippen LogP) is 3.75. The molecule has 0 aliphatic rings. The topological polar surface area (TPSA) is 0 Å². The Hall–Kier alpha value is 1.58. The molecule has 70 valence electrons. The zero-order chi connectivity index (χ0) is 9.40. The van der Waals surface area contributed by atoms with Crippen molar-refractivity contribution >= 4 is 78.5 Å². The minimum absolute atomic E-state index is 1.02. The van der Waals surface area contributed by atoms with Gasteiger partial charge in [0, 0.05) is 11.5 Å². The van der Waals surface area contributed by atoms with Gasteiger partial charge in [-0.3, -0.25) is 0 Å². The standard InChI is InChI=1S/C6H10S6/c1-9-5(7)11-3-4-12-6(8)10-2/h3-4H2,1-2H3. The lowest BCUT2D eigenvalue weighted by atomic mass is 11.0. The quantitative estimate of drug-likeness (QED) is 0.564. The summed E-state index contributed by atoms with van der Waals surface area (Å²) in [5.74, 6) is 2.12. The molecule has 0 saturated carbocycles. The third-order valence-electron chi connectivity index (χ3n) is 0.856. The van der Waals surface area contributed by atoms with Crippen LogP contribution in [0.25, 0.3) is 0 Å². The minimum atomic E-state index is 1.02. The van der Waals surface area contributed by atoms with Gasteiger partial charge in [0.25, 0.3) is 0 Å². The predicted molar refractivity (Wildman–Crippen MR) is 77.1 cm³/mol. The maximum Gasteiger partial charge on any atom is 0.104 e. The van der Waals surface area contributed by atoms with Crippen molar-refractivity contribution in [2.24, 2.45) is 0 Å². The van der Waals surface area contributed by atoms with E-state index in [0.29, 0.717) is 0 Å². The Morgan fingerprint density at radius 1 is 0.917 bits per heavy atom. The van der Waals surface area contributed by atoms with Crippen LogP contribution in [0.3, 0.4) is 0 Å². The largest absolute Gasteiger partial charge is 0.111 e. The first-order valence-electron chi connectivity index (χ1n) is 3.12. The fourth-order valence-electron chi connectivity index (χ4n) is 0.368. The van der Waals surface area contributed by atoms with Crippen LogP contribution in [0.15, 0.2) is 0 Å². The molecule has 0 aliphatic heterocycles. The molecule has 0 rings (SSSR count). The summed E-state index contributed by atoms with van der Waals surface area (Å²) in [7, 11) is 0. The smallest absolute Gasteiger partial charge is 0.104 e. The fraction of sp³-hybridized carbons (Fsp3) is 0.667. The Balaban J connectivity index is 3.21. The van der Waals surface area contributed by atoms with E-state index in [-0.39, 0.29) is 0 Å². The van der Waals surface area contributed by atoms with Gasteiger partial charge >= 0.3 is 0 Å². The molecule has 0 N–H and O–H groups in total. The number of rotatable bonds is 3. The second-order valence-corrected chi connectivity index (χ2v) is 7.82. The summed E-state index contributed by atoms with van der Waals surface area (Å²) in [4.78, 5) is 0. The summed E-state index contributed by atoms with van der Waals surface area (Å²) in [6.45, 7) is 0. The van der Waals surface area contributed by atoms with Crippen molar-refractivity contribution < 1.29 is 0 Å². The third-order valence-corrected chi connectivity index (χ3v) is 6.48. The highest BCUT2D eigenvalue weighted by Crippen LogP contribution is 2.19. The number of hydrogen-bond donors (Lipinski definition) is 0. The summed E-state index contributed by atoms with van der Waals surface area (Å²) in [6, 6.07) is 0. The van der Waals surface area contributed by atoms with Gasteiger partial charge in [-0.1, -0.05) is 24.4 Å². The van der Waals surface area contributed by atoms with Crippen molar-refractivity contribution in [3.8, 4) is 0 Å². The van der Waals surface area contributed by atoms with Gasteiger partial charge in [-0.05, 0) is 12.5 Å². The third kappa shape index (κ3) is 8.19. The van der Waals surface area contributed by atoms with Gasteiger partial charge in [-0.15, -0.1) is 47.0 Å². The van der Waals surface area contributed by atoms with Crippen molar-refractivity contribution in [2.75, 3.05) is 24.0 Å². The van der Waals surface area contributed by atoms with Crippen LogP contribution in [-0.2, 0) is 0 Å². The summed E-state index contributed by atoms with van der Waals surface area (Å²) in [5.41, 5.74) is 0. The molecular weight excluding hydrogens is 264 g/mol. The van der Waals surface area contributed by atoms with E-state index in [1.807, 2.05) is 12.5 Å². The lowest BCUT2D eigenvalue weighted by Crippen LogP contribution is -1.89. The lowest BCUT2D eigenvalue weighted by Gasteiger charge is -2.00. The Kier molecular flexibility index (Phi) is 10.4. The fourth-order valence-corrected chi connectivity index (χ4v) is 3.31. The molecule has 6 heteroatoms. The van der Waals surface area contributed by atoms with E-state index in [0.717, 1.165) is 18.6 Å². The first kappa shape index (κ1) is 13.6. The Bertz CT molecular complexity index is 136. The highest BCUT2D eigenvalue weighted by Gasteiger charge is 1.97. The SMILES string of the molecule is CSC(=S)SCCSC(=S)SC. The summed E-state index contributed by atoms with van der Waals surface area (Å²) >= 11 is 16.8. The molecule has 0 aliphatic carbocycles. The Morgan fingerprint density at radius 2 is 1.25 bits per heavy atom. The van der Waals surface area contributed by atoms with Crippen molar-refractivity contribution in [3.05, 3.63) is 0 Å². The van der Waals surface area contributed by atoms with Gasteiger partial charge in [0.2, 0.25) is 0 Å². The van der Waals surface area contributed by atoms with E-state index in [9.17, 15) is 0 Å². The Labute approximate surface area is 102 Å². The molecule has 0 aromatic heterocycles. The van der Waals surface area contributed by atoms with Crippen LogP contribution in [0.4, 0.5) is 0 Å². The molecule has 0 aromatic carbocycles. The molecule has 12 heavy (non-hydrogen) atoms. The highest BCUT2D eigenvalue weighted by atomic mass is 32.2. The maximum absolute atomic E-state index is 5.04. The van der Waals surface area contributed by atoms with Gasteiger partial charge in [-0.25, -0.2) is 0 Å². The average molecular weight is 275 g/mol. The molecule has 0 spiro atoms. The summed E-state index contributed by atoms with van der Waals surface area (Å²) in [6.07, 6.45) is 4.02. The van der Waals surface area contributed by atoms with Crippen molar-refractivity contribution in [2.45, 2.75) is 0 Å². The van der Waals surface area contributed by atoms with E-state index in [1.54, 1.807) is 47.0 Å². The van der Waals surface area contributed by atoms with Crippen LogP contribution >= 0.6 is 71.5 Å². The average Bonchev–Trinajstić information content (AvgIpc) is 2.11. The molecule has 0 radical (unpaired) electrons. The molecule has 0 unspecified atom stereocenters. The number of thiocarbonyl (C=S) groups is 2. The van der Waals surface area contributed by atoms with Crippen LogP contribution in [0.5, 0.6) is 0 Å². The van der Waals surface area contributed by atoms with Crippen LogP contribution in [0.2, 0.25) is 0 Å². The monoisotopic (exact) mass is 274 g/mol. The highest BCUT2D eigenvalue weighted by molar-refractivity contribution is 8.48.